The molecule has 0 fully saturated rings. The van der Waals surface area contributed by atoms with Crippen LogP contribution >= 0.6 is 0 Å². The van der Waals surface area contributed by atoms with Gasteiger partial charge in [0.15, 0.2) is 5.16 Å². The van der Waals surface area contributed by atoms with Gasteiger partial charge in [-0.1, -0.05) is 0 Å². The van der Waals surface area contributed by atoms with Crippen LogP contribution in [-0.4, -0.2) is 30.8 Å². The molecule has 3 heterocycles. The van der Waals surface area contributed by atoms with Gasteiger partial charge < -0.3 is 14.3 Å². The molecule has 0 spiro atoms. The lowest BCUT2D eigenvalue weighted by molar-refractivity contribution is 0.410. The number of fused-ring (bicyclic) bond motifs is 1. The molecule has 0 amide bonds. The minimum absolute atomic E-state index is 0.305. The molecule has 1 unspecified atom stereocenters. The van der Waals surface area contributed by atoms with Gasteiger partial charge in [0, 0.05) is 32.5 Å². The van der Waals surface area contributed by atoms with Crippen LogP contribution in [0.2, 0.25) is 0 Å². The van der Waals surface area contributed by atoms with Crippen molar-refractivity contribution >= 4 is 21.8 Å². The third-order valence-corrected chi connectivity index (χ3v) is 4.27. The van der Waals surface area contributed by atoms with Crippen molar-refractivity contribution in [2.75, 3.05) is 7.04 Å². The number of aromatic amines is 1. The quantitative estimate of drug-likeness (QED) is 0.576. The molecule has 4 rings (SSSR count). The van der Waals surface area contributed by atoms with Crippen molar-refractivity contribution in [1.82, 2.24) is 19.5 Å². The second kappa shape index (κ2) is 6.76. The Morgan fingerprint density at radius 1 is 1.38 bits per heavy atom. The Labute approximate surface area is 173 Å². The van der Waals surface area contributed by atoms with Crippen molar-refractivity contribution in [3.05, 3.63) is 66.0 Å². The van der Waals surface area contributed by atoms with E-state index in [2.05, 4.69) is 15.0 Å². The first-order valence-corrected chi connectivity index (χ1v) is 8.20. The Morgan fingerprint density at radius 3 is 3.04 bits per heavy atom. The molecule has 4 aromatic rings. The van der Waals surface area contributed by atoms with Gasteiger partial charge in [-0.3, -0.25) is 9.19 Å². The average molecular weight is 381 g/mol. The number of methoxy groups -OCH3 is 1. The van der Waals surface area contributed by atoms with E-state index in [1.54, 1.807) is 0 Å². The van der Waals surface area contributed by atoms with Gasteiger partial charge in [0.05, 0.1) is 56.7 Å². The smallest absolute Gasteiger partial charge is 0.197 e. The van der Waals surface area contributed by atoms with Gasteiger partial charge in [0.2, 0.25) is 0 Å². The van der Waals surface area contributed by atoms with Crippen LogP contribution in [0.3, 0.4) is 0 Å². The maximum atomic E-state index is 13.5. The summed E-state index contributed by atoms with van der Waals surface area (Å²) in [6.45, 7) is 1.17. The van der Waals surface area contributed by atoms with Crippen LogP contribution in [0.5, 0.6) is 5.75 Å². The lowest BCUT2D eigenvalue weighted by Gasteiger charge is -2.08. The molecule has 7 heteroatoms. The van der Waals surface area contributed by atoms with Gasteiger partial charge in [0.25, 0.3) is 0 Å². The highest BCUT2D eigenvalue weighted by atomic mass is 32.2. The van der Waals surface area contributed by atoms with E-state index >= 15 is 0 Å². The number of nitrogens with zero attached hydrogens (tertiary/aromatic N) is 3. The van der Waals surface area contributed by atoms with Crippen LogP contribution < -0.4 is 4.74 Å². The molecule has 0 aliphatic heterocycles. The fraction of sp³-hybridized carbons (Fsp3) is 0.158. The van der Waals surface area contributed by atoms with Crippen molar-refractivity contribution < 1.29 is 28.1 Å². The summed E-state index contributed by atoms with van der Waals surface area (Å²) >= 11 is 0. The number of nitrogens with one attached hydrogen (secondary N) is 1. The summed E-state index contributed by atoms with van der Waals surface area (Å²) in [6.07, 6.45) is -2.19. The highest BCUT2D eigenvalue weighted by Crippen LogP contribution is 2.22. The minimum atomic E-state index is -3.05. The standard InChI is InChI=1S/C19H18N4O2S/c1-13-17(20-8-7-18(13)25-2)12-26(24)19-21-15-6-5-14(11-16(15)22-19)23-9-3-4-10-23/h3-11H,12H2,1-2H3,(H,21,22)/i2D3,3D,4D,5D,6D,7D,8D,9D,10D,11D,12D2. The Bertz CT molecular complexity index is 1700. The molecule has 3 aromatic heterocycles. The van der Waals surface area contributed by atoms with Crippen LogP contribution in [0, 0.1) is 6.92 Å². The second-order valence-electron chi connectivity index (χ2n) is 4.92. The normalized spacial score (nSPS) is 21.1. The highest BCUT2D eigenvalue weighted by molar-refractivity contribution is 7.84. The largest absolute Gasteiger partial charge is 0.496 e. The van der Waals surface area contributed by atoms with Crippen molar-refractivity contribution in [3.63, 3.8) is 0 Å². The second-order valence-corrected chi connectivity index (χ2v) is 6.05. The third-order valence-electron chi connectivity index (χ3n) is 3.35. The molecule has 26 heavy (non-hydrogen) atoms. The summed E-state index contributed by atoms with van der Waals surface area (Å²) in [7, 11) is -5.87. The van der Waals surface area contributed by atoms with Crippen molar-refractivity contribution in [3.8, 4) is 11.4 Å². The van der Waals surface area contributed by atoms with Crippen LogP contribution in [0.25, 0.3) is 16.7 Å². The average Bonchev–Trinajstić information content (AvgIpc) is 3.39. The van der Waals surface area contributed by atoms with Crippen molar-refractivity contribution in [2.24, 2.45) is 0 Å². The van der Waals surface area contributed by atoms with E-state index in [9.17, 15) is 4.21 Å². The molecular weight excluding hydrogens is 348 g/mol. The lowest BCUT2D eigenvalue weighted by atomic mass is 10.2. The zero-order valence-electron chi connectivity index (χ0n) is 27.1. The lowest BCUT2D eigenvalue weighted by Crippen LogP contribution is -2.03. The number of ether oxygens (including phenoxy) is 1. The Morgan fingerprint density at radius 2 is 2.23 bits per heavy atom. The van der Waals surface area contributed by atoms with Crippen LogP contribution in [0.15, 0.2) is 59.9 Å². The van der Waals surface area contributed by atoms with Crippen molar-refractivity contribution in [1.29, 1.82) is 0 Å². The maximum absolute atomic E-state index is 13.5. The first-order chi connectivity index (χ1) is 18.3. The first-order valence-electron chi connectivity index (χ1n) is 14.0. The Balaban J connectivity index is 1.90. The molecule has 0 aliphatic carbocycles. The van der Waals surface area contributed by atoms with Gasteiger partial charge in [-0.15, -0.1) is 0 Å². The Kier molecular flexibility index (Phi) is 1.82. The monoisotopic (exact) mass is 380 g/mol. The van der Waals surface area contributed by atoms with Crippen LogP contribution in [0.1, 0.15) is 30.4 Å². The summed E-state index contributed by atoms with van der Waals surface area (Å²) in [6, 6.07) is -3.91. The number of hydrogen-bond donors (Lipinski definition) is 1. The molecule has 0 radical (unpaired) electrons. The number of hydrogen-bond acceptors (Lipinski definition) is 4. The van der Waals surface area contributed by atoms with E-state index in [1.165, 1.54) is 6.92 Å². The number of imidazole rings is 1. The SMILES string of the molecule is [2H]c1nc(C([2H])([2H])S(=O)c2nc3c([2H])c([2H])c(-n4c([2H])c([2H])c([2H])c4[2H])c([2H])c3[nH]2)c(C)c(OC([2H])([2H])[2H])c1[2H]. The fourth-order valence-electron chi connectivity index (χ4n) is 2.06. The van der Waals surface area contributed by atoms with Crippen molar-refractivity contribution in [2.45, 2.75) is 17.8 Å². The summed E-state index contributed by atoms with van der Waals surface area (Å²) in [5.41, 5.74) is -5.12. The summed E-state index contributed by atoms with van der Waals surface area (Å²) in [4.78, 5) is 10.1. The molecule has 132 valence electrons. The van der Waals surface area contributed by atoms with E-state index in [-0.39, 0.29) is 16.6 Å². The topological polar surface area (TPSA) is 72.8 Å². The van der Waals surface area contributed by atoms with E-state index in [0.717, 1.165) is 0 Å². The predicted molar refractivity (Wildman–Crippen MR) is 101 cm³/mol. The number of H-pyrrole nitrogens is 1. The number of pyridine rings is 1. The van der Waals surface area contributed by atoms with Crippen LogP contribution in [-0.2, 0) is 16.5 Å². The molecule has 0 saturated carbocycles. The molecular formula is C19H18N4O2S. The van der Waals surface area contributed by atoms with Gasteiger partial charge in [0.1, 0.15) is 5.75 Å². The van der Waals surface area contributed by atoms with Gasteiger partial charge in [-0.05, 0) is 43.2 Å². The van der Waals surface area contributed by atoms with Gasteiger partial charge >= 0.3 is 0 Å². The zero-order valence-corrected chi connectivity index (χ0v) is 13.9. The minimum Gasteiger partial charge on any atom is -0.496 e. The van der Waals surface area contributed by atoms with E-state index in [0.29, 0.717) is 4.57 Å². The maximum Gasteiger partial charge on any atom is 0.197 e. The number of rotatable bonds is 5. The molecule has 1 N–H and O–H groups in total. The van der Waals surface area contributed by atoms with Crippen LogP contribution in [0.4, 0.5) is 0 Å². The van der Waals surface area contributed by atoms with E-state index in [4.69, 9.17) is 23.9 Å². The molecule has 0 aliphatic rings. The van der Waals surface area contributed by atoms with E-state index < -0.39 is 101 Å². The first kappa shape index (κ1) is 7.00. The molecule has 6 nitrogen and oxygen atoms in total. The van der Waals surface area contributed by atoms with E-state index in [1.807, 2.05) is 0 Å². The summed E-state index contributed by atoms with van der Waals surface area (Å²) in [5.74, 6) is -0.655. The van der Waals surface area contributed by atoms with Gasteiger partial charge in [-0.25, -0.2) is 4.98 Å². The third kappa shape index (κ3) is 3.01. The number of benzene rings is 1. The number of aromatic nitrogens is 4. The molecule has 0 saturated heterocycles. The summed E-state index contributed by atoms with van der Waals surface area (Å²) in [5, 5.41) is -0.619. The Hall–Kier alpha value is -2.93. The summed E-state index contributed by atoms with van der Waals surface area (Å²) < 4.78 is 130. The molecule has 1 atom stereocenters. The predicted octanol–water partition coefficient (Wildman–Crippen LogP) is 3.37. The molecule has 1 aromatic carbocycles. The fourth-order valence-corrected chi connectivity index (χ4v) is 2.90. The molecule has 0 bridgehead atoms. The highest BCUT2D eigenvalue weighted by Gasteiger charge is 2.15. The van der Waals surface area contributed by atoms with Gasteiger partial charge in [-0.2, -0.15) is 0 Å². The zero-order chi connectivity index (χ0) is 30.2.